The minimum atomic E-state index is -0.266. The Kier molecular flexibility index (Phi) is 4.91. The van der Waals surface area contributed by atoms with Crippen molar-refractivity contribution in [3.8, 4) is 5.75 Å². The maximum absolute atomic E-state index is 12.4. The van der Waals surface area contributed by atoms with Gasteiger partial charge in [-0.05, 0) is 55.2 Å². The predicted molar refractivity (Wildman–Crippen MR) is 103 cm³/mol. The van der Waals surface area contributed by atoms with Gasteiger partial charge in [0.2, 0.25) is 5.91 Å². The van der Waals surface area contributed by atoms with Crippen LogP contribution in [0.5, 0.6) is 5.75 Å². The Morgan fingerprint density at radius 3 is 2.73 bits per heavy atom. The number of allylic oxidation sites excluding steroid dienone is 1. The largest absolute Gasteiger partial charge is 0.487 e. The zero-order chi connectivity index (χ0) is 19.1. The Morgan fingerprint density at radius 2 is 2.08 bits per heavy atom. The second-order valence-electron chi connectivity index (χ2n) is 9.07. The van der Waals surface area contributed by atoms with Gasteiger partial charge in [0.05, 0.1) is 6.61 Å². The van der Waals surface area contributed by atoms with Crippen molar-refractivity contribution in [3.63, 3.8) is 0 Å². The molecule has 0 saturated carbocycles. The maximum atomic E-state index is 12.4. The number of carbonyl (C=O) groups excluding carboxylic acids is 1. The van der Waals surface area contributed by atoms with E-state index < -0.39 is 0 Å². The molecular weight excluding hydrogens is 326 g/mol. The molecule has 0 saturated heterocycles. The Labute approximate surface area is 156 Å². The molecule has 4 nitrogen and oxygen atoms in total. The summed E-state index contributed by atoms with van der Waals surface area (Å²) in [4.78, 5) is 12.4. The molecule has 2 aliphatic rings. The lowest BCUT2D eigenvalue weighted by molar-refractivity contribution is -0.118. The van der Waals surface area contributed by atoms with Crippen molar-refractivity contribution in [2.75, 3.05) is 13.2 Å². The van der Waals surface area contributed by atoms with Crippen molar-refractivity contribution >= 4 is 5.91 Å². The molecule has 1 aliphatic heterocycles. The van der Waals surface area contributed by atoms with E-state index in [1.165, 1.54) is 11.1 Å². The number of fused-ring (bicyclic) bond motifs is 3. The van der Waals surface area contributed by atoms with Crippen LogP contribution in [0.1, 0.15) is 64.5 Å². The highest BCUT2D eigenvalue weighted by Gasteiger charge is 2.45. The van der Waals surface area contributed by atoms with E-state index in [2.05, 4.69) is 58.1 Å². The molecule has 1 aliphatic carbocycles. The van der Waals surface area contributed by atoms with Crippen LogP contribution in [0, 0.1) is 5.92 Å². The van der Waals surface area contributed by atoms with Gasteiger partial charge >= 0.3 is 0 Å². The zero-order valence-electron chi connectivity index (χ0n) is 16.6. The highest BCUT2D eigenvalue weighted by molar-refractivity contribution is 5.93. The molecule has 2 N–H and O–H groups in total. The van der Waals surface area contributed by atoms with E-state index >= 15 is 0 Å². The van der Waals surface area contributed by atoms with E-state index in [1.54, 1.807) is 0 Å². The van der Waals surface area contributed by atoms with Crippen LogP contribution in [-0.4, -0.2) is 29.8 Å². The summed E-state index contributed by atoms with van der Waals surface area (Å²) in [5.74, 6) is 1.53. The Balaban J connectivity index is 1.94. The van der Waals surface area contributed by atoms with Crippen LogP contribution in [0.2, 0.25) is 0 Å². The predicted octanol–water partition coefficient (Wildman–Crippen LogP) is 3.68. The van der Waals surface area contributed by atoms with Crippen LogP contribution in [0.4, 0.5) is 0 Å². The fourth-order valence-electron chi connectivity index (χ4n) is 4.21. The van der Waals surface area contributed by atoms with Gasteiger partial charge in [-0.15, -0.1) is 0 Å². The summed E-state index contributed by atoms with van der Waals surface area (Å²) in [5.41, 5.74) is 3.10. The molecule has 1 aromatic rings. The third-order valence-electron chi connectivity index (χ3n) is 5.78. The molecule has 1 aromatic carbocycles. The SMILES string of the molecule is CC(C)(C)c1ccc2c(c1)OC(C)(C)C1CC=C(C(=O)NCCO)CC21. The molecule has 142 valence electrons. The first kappa shape index (κ1) is 19.0. The molecule has 2 unspecified atom stereocenters. The fourth-order valence-corrected chi connectivity index (χ4v) is 4.21. The summed E-state index contributed by atoms with van der Waals surface area (Å²) in [7, 11) is 0. The van der Waals surface area contributed by atoms with E-state index in [0.29, 0.717) is 12.5 Å². The minimum Gasteiger partial charge on any atom is -0.487 e. The number of hydrogen-bond donors (Lipinski definition) is 2. The lowest BCUT2D eigenvalue weighted by Gasteiger charge is -2.47. The van der Waals surface area contributed by atoms with Crippen LogP contribution < -0.4 is 10.1 Å². The van der Waals surface area contributed by atoms with Gasteiger partial charge in [0.25, 0.3) is 0 Å². The van der Waals surface area contributed by atoms with Crippen molar-refractivity contribution in [2.24, 2.45) is 5.92 Å². The van der Waals surface area contributed by atoms with Gasteiger partial charge in [0.15, 0.2) is 0 Å². The average molecular weight is 357 g/mol. The molecular formula is C22H31NO3. The van der Waals surface area contributed by atoms with Gasteiger partial charge in [-0.2, -0.15) is 0 Å². The second kappa shape index (κ2) is 6.73. The third-order valence-corrected chi connectivity index (χ3v) is 5.78. The highest BCUT2D eigenvalue weighted by atomic mass is 16.5. The monoisotopic (exact) mass is 357 g/mol. The molecule has 26 heavy (non-hydrogen) atoms. The highest BCUT2D eigenvalue weighted by Crippen LogP contribution is 2.51. The number of carbonyl (C=O) groups is 1. The van der Waals surface area contributed by atoms with Crippen LogP contribution in [0.15, 0.2) is 29.8 Å². The third kappa shape index (κ3) is 3.52. The van der Waals surface area contributed by atoms with Crippen LogP contribution in [-0.2, 0) is 10.2 Å². The Bertz CT molecular complexity index is 727. The zero-order valence-corrected chi connectivity index (χ0v) is 16.6. The molecule has 0 bridgehead atoms. The average Bonchev–Trinajstić information content (AvgIpc) is 2.57. The summed E-state index contributed by atoms with van der Waals surface area (Å²) < 4.78 is 6.42. The van der Waals surface area contributed by atoms with Crippen molar-refractivity contribution < 1.29 is 14.6 Å². The lowest BCUT2D eigenvalue weighted by atomic mass is 9.67. The number of benzene rings is 1. The van der Waals surface area contributed by atoms with Crippen molar-refractivity contribution in [3.05, 3.63) is 41.0 Å². The number of nitrogens with one attached hydrogen (secondary N) is 1. The van der Waals surface area contributed by atoms with E-state index in [9.17, 15) is 4.79 Å². The van der Waals surface area contributed by atoms with Gasteiger partial charge in [-0.25, -0.2) is 0 Å². The molecule has 0 spiro atoms. The van der Waals surface area contributed by atoms with Crippen LogP contribution in [0.25, 0.3) is 0 Å². The molecule has 0 radical (unpaired) electrons. The molecule has 2 atom stereocenters. The minimum absolute atomic E-state index is 0.0373. The number of aliphatic hydroxyl groups is 1. The van der Waals surface area contributed by atoms with E-state index in [-0.39, 0.29) is 29.4 Å². The summed E-state index contributed by atoms with van der Waals surface area (Å²) >= 11 is 0. The van der Waals surface area contributed by atoms with E-state index in [1.807, 2.05) is 6.08 Å². The topological polar surface area (TPSA) is 58.6 Å². The summed E-state index contributed by atoms with van der Waals surface area (Å²) in [6, 6.07) is 6.57. The summed E-state index contributed by atoms with van der Waals surface area (Å²) in [6.45, 7) is 11.2. The van der Waals surface area contributed by atoms with Gasteiger partial charge in [0.1, 0.15) is 11.4 Å². The number of ether oxygens (including phenoxy) is 1. The van der Waals surface area contributed by atoms with Crippen LogP contribution >= 0.6 is 0 Å². The first-order valence-corrected chi connectivity index (χ1v) is 9.55. The molecule has 0 aromatic heterocycles. The smallest absolute Gasteiger partial charge is 0.246 e. The van der Waals surface area contributed by atoms with Crippen LogP contribution in [0.3, 0.4) is 0 Å². The van der Waals surface area contributed by atoms with E-state index in [4.69, 9.17) is 9.84 Å². The number of amides is 1. The summed E-state index contributed by atoms with van der Waals surface area (Å²) in [5, 5.41) is 11.7. The number of aliphatic hydroxyl groups excluding tert-OH is 1. The number of rotatable bonds is 3. The summed E-state index contributed by atoms with van der Waals surface area (Å²) in [6.07, 6.45) is 3.60. The first-order valence-electron chi connectivity index (χ1n) is 9.55. The van der Waals surface area contributed by atoms with Gasteiger partial charge in [-0.3, -0.25) is 4.79 Å². The molecule has 1 heterocycles. The van der Waals surface area contributed by atoms with Gasteiger partial charge < -0.3 is 15.2 Å². The van der Waals surface area contributed by atoms with Gasteiger partial charge in [0, 0.05) is 18.0 Å². The lowest BCUT2D eigenvalue weighted by Crippen LogP contribution is -2.46. The molecule has 1 amide bonds. The number of hydrogen-bond acceptors (Lipinski definition) is 3. The van der Waals surface area contributed by atoms with Crippen molar-refractivity contribution in [1.29, 1.82) is 0 Å². The van der Waals surface area contributed by atoms with E-state index in [0.717, 1.165) is 24.2 Å². The Morgan fingerprint density at radius 1 is 1.35 bits per heavy atom. The second-order valence-corrected chi connectivity index (χ2v) is 9.07. The first-order chi connectivity index (χ1) is 12.1. The normalized spacial score (nSPS) is 24.0. The standard InChI is InChI=1S/C22H31NO3/c1-21(2,3)15-7-8-16-17-12-14(20(25)23-10-11-24)6-9-18(17)22(4,5)26-19(16)13-15/h6-8,13,17-18,24H,9-12H2,1-5H3,(H,23,25). The van der Waals surface area contributed by atoms with Crippen molar-refractivity contribution in [2.45, 2.75) is 64.4 Å². The maximum Gasteiger partial charge on any atom is 0.246 e. The van der Waals surface area contributed by atoms with Gasteiger partial charge in [-0.1, -0.05) is 39.0 Å². The van der Waals surface area contributed by atoms with Crippen molar-refractivity contribution in [1.82, 2.24) is 5.32 Å². The molecule has 3 rings (SSSR count). The quantitative estimate of drug-likeness (QED) is 0.867. The molecule has 4 heteroatoms. The Hall–Kier alpha value is -1.81. The fraction of sp³-hybridized carbons (Fsp3) is 0.591. The molecule has 0 fully saturated rings.